The number of benzene rings is 1. The van der Waals surface area contributed by atoms with Crippen molar-refractivity contribution in [2.75, 3.05) is 19.4 Å². The summed E-state index contributed by atoms with van der Waals surface area (Å²) in [4.78, 5) is 4.20. The molecule has 0 aliphatic rings. The molecule has 102 valence electrons. The molecule has 1 heterocycles. The number of nitrogens with zero attached hydrogens (tertiary/aromatic N) is 3. The number of aromatic amines is 1. The van der Waals surface area contributed by atoms with Crippen molar-refractivity contribution in [1.82, 2.24) is 19.5 Å². The second-order valence-electron chi connectivity index (χ2n) is 4.07. The fourth-order valence-electron chi connectivity index (χ4n) is 1.53. The topological polar surface area (TPSA) is 91.0 Å². The molecule has 1 aromatic heterocycles. The van der Waals surface area contributed by atoms with Crippen LogP contribution >= 0.6 is 0 Å². The highest BCUT2D eigenvalue weighted by molar-refractivity contribution is 7.89. The number of nitrogens with one attached hydrogen (secondary N) is 2. The van der Waals surface area contributed by atoms with Gasteiger partial charge in [0.25, 0.3) is 0 Å². The van der Waals surface area contributed by atoms with E-state index >= 15 is 0 Å². The van der Waals surface area contributed by atoms with E-state index in [4.69, 9.17) is 0 Å². The van der Waals surface area contributed by atoms with Crippen molar-refractivity contribution in [3.05, 3.63) is 36.4 Å². The highest BCUT2D eigenvalue weighted by Gasteiger charge is 2.20. The molecule has 0 aliphatic carbocycles. The number of hydrogen-bond donors (Lipinski definition) is 2. The molecule has 0 aliphatic heterocycles. The van der Waals surface area contributed by atoms with Crippen LogP contribution in [-0.4, -0.2) is 42.0 Å². The van der Waals surface area contributed by atoms with Crippen molar-refractivity contribution in [1.29, 1.82) is 0 Å². The predicted molar refractivity (Wildman–Crippen MR) is 71.0 cm³/mol. The van der Waals surface area contributed by atoms with Gasteiger partial charge in [0, 0.05) is 14.1 Å². The lowest BCUT2D eigenvalue weighted by Crippen LogP contribution is -2.23. The molecule has 2 N–H and O–H groups in total. The van der Waals surface area contributed by atoms with Crippen LogP contribution in [0.25, 0.3) is 0 Å². The van der Waals surface area contributed by atoms with Crippen LogP contribution in [0.4, 0.5) is 5.69 Å². The van der Waals surface area contributed by atoms with Crippen molar-refractivity contribution in [3.8, 4) is 0 Å². The first-order valence-electron chi connectivity index (χ1n) is 5.61. The summed E-state index contributed by atoms with van der Waals surface area (Å²) in [5.41, 5.74) is 0.535. The van der Waals surface area contributed by atoms with Crippen LogP contribution in [0.2, 0.25) is 0 Å². The van der Waals surface area contributed by atoms with Gasteiger partial charge >= 0.3 is 0 Å². The molecule has 0 radical (unpaired) electrons. The molecule has 2 rings (SSSR count). The first-order chi connectivity index (χ1) is 9.01. The van der Waals surface area contributed by atoms with Crippen LogP contribution in [0, 0.1) is 0 Å². The van der Waals surface area contributed by atoms with Gasteiger partial charge in [-0.05, 0) is 12.1 Å². The van der Waals surface area contributed by atoms with Crippen molar-refractivity contribution >= 4 is 15.7 Å². The smallest absolute Gasteiger partial charge is 0.244 e. The standard InChI is InChI=1S/C11H15N5O2S/c1-16(2)19(17,18)10-6-4-3-5-9(10)12-7-11-13-8-14-15-11/h3-6,8,12H,7H2,1-2H3,(H,13,14,15). The molecule has 8 heteroatoms. The molecule has 2 aromatic rings. The molecule has 0 bridgehead atoms. The van der Waals surface area contributed by atoms with Crippen LogP contribution in [0.1, 0.15) is 5.82 Å². The number of rotatable bonds is 5. The lowest BCUT2D eigenvalue weighted by Gasteiger charge is -2.15. The zero-order valence-electron chi connectivity index (χ0n) is 10.7. The lowest BCUT2D eigenvalue weighted by molar-refractivity contribution is 0.521. The SMILES string of the molecule is CN(C)S(=O)(=O)c1ccccc1NCc1ncn[nH]1. The third-order valence-electron chi connectivity index (χ3n) is 2.56. The molecule has 0 atom stereocenters. The predicted octanol–water partition coefficient (Wildman–Crippen LogP) is 0.667. The quantitative estimate of drug-likeness (QED) is 0.840. The molecule has 19 heavy (non-hydrogen) atoms. The summed E-state index contributed by atoms with van der Waals surface area (Å²) in [7, 11) is -0.469. The third-order valence-corrected chi connectivity index (χ3v) is 4.43. The summed E-state index contributed by atoms with van der Waals surface area (Å²) in [5, 5.41) is 9.47. The van der Waals surface area contributed by atoms with E-state index in [0.29, 0.717) is 18.1 Å². The zero-order chi connectivity index (χ0) is 13.9. The summed E-state index contributed by atoms with van der Waals surface area (Å²) in [6.45, 7) is 0.375. The van der Waals surface area contributed by atoms with Crippen molar-refractivity contribution in [2.24, 2.45) is 0 Å². The number of sulfonamides is 1. The van der Waals surface area contributed by atoms with E-state index in [-0.39, 0.29) is 4.90 Å². The Kier molecular flexibility index (Phi) is 3.82. The van der Waals surface area contributed by atoms with Crippen LogP contribution in [0.3, 0.4) is 0 Å². The van der Waals surface area contributed by atoms with Gasteiger partial charge < -0.3 is 5.32 Å². The zero-order valence-corrected chi connectivity index (χ0v) is 11.5. The van der Waals surface area contributed by atoms with E-state index in [1.54, 1.807) is 24.3 Å². The second-order valence-corrected chi connectivity index (χ2v) is 6.19. The number of hydrogen-bond acceptors (Lipinski definition) is 5. The normalized spacial score (nSPS) is 11.7. The second kappa shape index (κ2) is 5.37. The Bertz CT molecular complexity index is 637. The van der Waals surface area contributed by atoms with Gasteiger partial charge in [0.15, 0.2) is 0 Å². The number of anilines is 1. The van der Waals surface area contributed by atoms with E-state index in [1.165, 1.54) is 24.7 Å². The summed E-state index contributed by atoms with van der Waals surface area (Å²) < 4.78 is 25.5. The molecule has 0 saturated carbocycles. The summed E-state index contributed by atoms with van der Waals surface area (Å²) in [5.74, 6) is 0.636. The molecular formula is C11H15N5O2S. The third kappa shape index (κ3) is 2.91. The Morgan fingerprint density at radius 1 is 1.32 bits per heavy atom. The Hall–Kier alpha value is -1.93. The average molecular weight is 281 g/mol. The van der Waals surface area contributed by atoms with E-state index in [9.17, 15) is 8.42 Å². The molecule has 1 aromatic carbocycles. The van der Waals surface area contributed by atoms with Gasteiger partial charge in [0.1, 0.15) is 17.0 Å². The van der Waals surface area contributed by atoms with Crippen LogP contribution < -0.4 is 5.32 Å². The minimum atomic E-state index is -3.47. The Labute approximate surface area is 111 Å². The monoisotopic (exact) mass is 281 g/mol. The van der Waals surface area contributed by atoms with Crippen molar-refractivity contribution in [3.63, 3.8) is 0 Å². The van der Waals surface area contributed by atoms with E-state index in [0.717, 1.165) is 0 Å². The molecular weight excluding hydrogens is 266 g/mol. The number of H-pyrrole nitrogens is 1. The maximum absolute atomic E-state index is 12.2. The first kappa shape index (κ1) is 13.5. The molecule has 0 saturated heterocycles. The minimum Gasteiger partial charge on any atom is -0.377 e. The Morgan fingerprint density at radius 3 is 2.68 bits per heavy atom. The number of para-hydroxylation sites is 1. The van der Waals surface area contributed by atoms with E-state index in [2.05, 4.69) is 20.5 Å². The molecule has 0 spiro atoms. The van der Waals surface area contributed by atoms with Crippen LogP contribution in [0.15, 0.2) is 35.5 Å². The molecule has 0 fully saturated rings. The minimum absolute atomic E-state index is 0.236. The lowest BCUT2D eigenvalue weighted by atomic mass is 10.3. The van der Waals surface area contributed by atoms with Gasteiger partial charge in [-0.1, -0.05) is 12.1 Å². The van der Waals surface area contributed by atoms with Gasteiger partial charge in [-0.25, -0.2) is 17.7 Å². The fraction of sp³-hybridized carbons (Fsp3) is 0.273. The average Bonchev–Trinajstić information content (AvgIpc) is 2.89. The highest BCUT2D eigenvalue weighted by atomic mass is 32.2. The highest BCUT2D eigenvalue weighted by Crippen LogP contribution is 2.23. The van der Waals surface area contributed by atoms with E-state index < -0.39 is 10.0 Å². The first-order valence-corrected chi connectivity index (χ1v) is 7.05. The van der Waals surface area contributed by atoms with Gasteiger partial charge in [0.05, 0.1) is 12.2 Å². The van der Waals surface area contributed by atoms with Crippen molar-refractivity contribution < 1.29 is 8.42 Å². The van der Waals surface area contributed by atoms with Gasteiger partial charge in [-0.2, -0.15) is 5.10 Å². The molecule has 7 nitrogen and oxygen atoms in total. The molecule has 0 amide bonds. The van der Waals surface area contributed by atoms with Crippen LogP contribution in [-0.2, 0) is 16.6 Å². The van der Waals surface area contributed by atoms with Gasteiger partial charge in [-0.3, -0.25) is 5.10 Å². The van der Waals surface area contributed by atoms with Crippen molar-refractivity contribution in [2.45, 2.75) is 11.4 Å². The molecule has 0 unspecified atom stereocenters. The summed E-state index contributed by atoms with van der Waals surface area (Å²) in [6.07, 6.45) is 1.40. The number of aromatic nitrogens is 3. The van der Waals surface area contributed by atoms with Gasteiger partial charge in [-0.15, -0.1) is 0 Å². The Balaban J connectivity index is 2.27. The summed E-state index contributed by atoms with van der Waals surface area (Å²) >= 11 is 0. The Morgan fingerprint density at radius 2 is 2.05 bits per heavy atom. The summed E-state index contributed by atoms with van der Waals surface area (Å²) in [6, 6.07) is 6.75. The maximum Gasteiger partial charge on any atom is 0.244 e. The van der Waals surface area contributed by atoms with Crippen LogP contribution in [0.5, 0.6) is 0 Å². The maximum atomic E-state index is 12.2. The van der Waals surface area contributed by atoms with E-state index in [1.807, 2.05) is 0 Å². The van der Waals surface area contributed by atoms with Gasteiger partial charge in [0.2, 0.25) is 10.0 Å². The largest absolute Gasteiger partial charge is 0.377 e. The fourth-order valence-corrected chi connectivity index (χ4v) is 2.59.